The predicted octanol–water partition coefficient (Wildman–Crippen LogP) is 3.27. The van der Waals surface area contributed by atoms with Gasteiger partial charge in [-0.2, -0.15) is 5.26 Å². The molecule has 0 aliphatic heterocycles. The van der Waals surface area contributed by atoms with E-state index in [9.17, 15) is 4.79 Å². The largest absolute Gasteiger partial charge is 0.320 e. The van der Waals surface area contributed by atoms with Crippen molar-refractivity contribution in [3.8, 4) is 6.07 Å². The van der Waals surface area contributed by atoms with Gasteiger partial charge in [0.05, 0.1) is 16.9 Å². The maximum absolute atomic E-state index is 12.2. The van der Waals surface area contributed by atoms with Crippen molar-refractivity contribution in [2.24, 2.45) is 0 Å². The highest BCUT2D eigenvalue weighted by molar-refractivity contribution is 7.08. The molecule has 5 nitrogen and oxygen atoms in total. The third kappa shape index (κ3) is 3.13. The van der Waals surface area contributed by atoms with Crippen molar-refractivity contribution in [3.05, 3.63) is 39.4 Å². The summed E-state index contributed by atoms with van der Waals surface area (Å²) in [4.78, 5) is 12.7. The maximum atomic E-state index is 12.2. The van der Waals surface area contributed by atoms with E-state index in [2.05, 4.69) is 14.9 Å². The second-order valence-corrected chi connectivity index (χ2v) is 5.25. The minimum absolute atomic E-state index is 0.317. The van der Waals surface area contributed by atoms with Gasteiger partial charge in [0, 0.05) is 5.02 Å². The molecule has 1 heterocycles. The molecule has 0 aliphatic carbocycles. The van der Waals surface area contributed by atoms with Gasteiger partial charge in [-0.3, -0.25) is 4.79 Å². The van der Waals surface area contributed by atoms with Crippen LogP contribution in [0.5, 0.6) is 0 Å². The molecule has 1 N–H and O–H groups in total. The molecule has 2 aromatic rings. The van der Waals surface area contributed by atoms with Gasteiger partial charge in [0.15, 0.2) is 0 Å². The van der Waals surface area contributed by atoms with Gasteiger partial charge >= 0.3 is 0 Å². The first-order valence-corrected chi connectivity index (χ1v) is 7.13. The first-order chi connectivity index (χ1) is 9.65. The molecule has 0 saturated carbocycles. The van der Waals surface area contributed by atoms with E-state index in [0.29, 0.717) is 33.3 Å². The van der Waals surface area contributed by atoms with Crippen LogP contribution in [0.3, 0.4) is 0 Å². The molecule has 0 aliphatic rings. The normalized spacial score (nSPS) is 10.1. The second-order valence-electron chi connectivity index (χ2n) is 4.05. The van der Waals surface area contributed by atoms with Gasteiger partial charge < -0.3 is 5.32 Å². The van der Waals surface area contributed by atoms with Crippen LogP contribution in [0.2, 0.25) is 5.02 Å². The number of halogens is 1. The Morgan fingerprint density at radius 1 is 1.55 bits per heavy atom. The van der Waals surface area contributed by atoms with Crippen LogP contribution >= 0.6 is 23.1 Å². The molecule has 0 unspecified atom stereocenters. The van der Waals surface area contributed by atoms with Crippen LogP contribution in [0.15, 0.2) is 18.2 Å². The summed E-state index contributed by atoms with van der Waals surface area (Å²) in [7, 11) is 0. The molecule has 2 rings (SSSR count). The Morgan fingerprint density at radius 2 is 2.35 bits per heavy atom. The standard InChI is InChI=1S/C13H11ClN4OS/c1-2-3-10-12(20-18-17-10)13(19)16-11-6-9(14)5-4-8(11)7-15/h4-6H,2-3H2,1H3,(H,16,19). The van der Waals surface area contributed by atoms with Gasteiger partial charge in [0.25, 0.3) is 5.91 Å². The molecule has 0 fully saturated rings. The zero-order chi connectivity index (χ0) is 14.5. The summed E-state index contributed by atoms with van der Waals surface area (Å²) in [5, 5.41) is 16.1. The van der Waals surface area contributed by atoms with Crippen molar-refractivity contribution >= 4 is 34.7 Å². The van der Waals surface area contributed by atoms with Crippen LogP contribution in [0.25, 0.3) is 0 Å². The van der Waals surface area contributed by atoms with Gasteiger partial charge in [-0.25, -0.2) is 0 Å². The number of nitrogens with zero attached hydrogens (tertiary/aromatic N) is 3. The number of amides is 1. The number of nitriles is 1. The highest BCUT2D eigenvalue weighted by Gasteiger charge is 2.17. The van der Waals surface area contributed by atoms with Gasteiger partial charge in [0.1, 0.15) is 10.9 Å². The molecule has 102 valence electrons. The van der Waals surface area contributed by atoms with Gasteiger partial charge in [-0.05, 0) is 36.2 Å². The lowest BCUT2D eigenvalue weighted by Crippen LogP contribution is -2.13. The summed E-state index contributed by atoms with van der Waals surface area (Å²) in [6.07, 6.45) is 1.58. The average Bonchev–Trinajstić information content (AvgIpc) is 2.88. The molecular weight excluding hydrogens is 296 g/mol. The van der Waals surface area contributed by atoms with Crippen LogP contribution in [0.4, 0.5) is 5.69 Å². The smallest absolute Gasteiger partial charge is 0.269 e. The van der Waals surface area contributed by atoms with E-state index in [1.807, 2.05) is 13.0 Å². The van der Waals surface area contributed by atoms with Gasteiger partial charge in [-0.15, -0.1) is 5.10 Å². The van der Waals surface area contributed by atoms with Gasteiger partial charge in [0.2, 0.25) is 0 Å². The number of carbonyl (C=O) groups is 1. The number of aryl methyl sites for hydroxylation is 1. The molecule has 0 bridgehead atoms. The van der Waals surface area contributed by atoms with Crippen LogP contribution in [0, 0.1) is 11.3 Å². The van der Waals surface area contributed by atoms with Crippen molar-refractivity contribution in [1.82, 2.24) is 9.59 Å². The molecule has 1 aromatic carbocycles. The Bertz CT molecular complexity index is 677. The highest BCUT2D eigenvalue weighted by atomic mass is 35.5. The molecule has 0 radical (unpaired) electrons. The lowest BCUT2D eigenvalue weighted by molar-refractivity contribution is 0.102. The predicted molar refractivity (Wildman–Crippen MR) is 78.0 cm³/mol. The number of anilines is 1. The monoisotopic (exact) mass is 306 g/mol. The number of carbonyl (C=O) groups excluding carboxylic acids is 1. The third-order valence-corrected chi connectivity index (χ3v) is 3.60. The number of hydrogen-bond acceptors (Lipinski definition) is 5. The van der Waals surface area contributed by atoms with E-state index in [1.165, 1.54) is 0 Å². The maximum Gasteiger partial charge on any atom is 0.269 e. The first-order valence-electron chi connectivity index (χ1n) is 5.98. The lowest BCUT2D eigenvalue weighted by atomic mass is 10.2. The quantitative estimate of drug-likeness (QED) is 0.940. The fourth-order valence-electron chi connectivity index (χ4n) is 1.68. The number of aromatic nitrogens is 2. The van der Waals surface area contributed by atoms with E-state index in [-0.39, 0.29) is 5.91 Å². The Labute approximate surface area is 125 Å². The fraction of sp³-hybridized carbons (Fsp3) is 0.231. The van der Waals surface area contributed by atoms with Crippen LogP contribution in [0.1, 0.15) is 34.3 Å². The molecule has 0 atom stereocenters. The number of hydrogen-bond donors (Lipinski definition) is 1. The van der Waals surface area contributed by atoms with Crippen molar-refractivity contribution in [2.45, 2.75) is 19.8 Å². The third-order valence-electron chi connectivity index (χ3n) is 2.60. The molecule has 20 heavy (non-hydrogen) atoms. The van der Waals surface area contributed by atoms with E-state index < -0.39 is 0 Å². The van der Waals surface area contributed by atoms with Crippen molar-refractivity contribution in [2.75, 3.05) is 5.32 Å². The number of nitrogens with one attached hydrogen (secondary N) is 1. The Kier molecular flexibility index (Phi) is 4.66. The molecule has 1 amide bonds. The molecule has 0 spiro atoms. The summed E-state index contributed by atoms with van der Waals surface area (Å²) in [5.41, 5.74) is 1.42. The van der Waals surface area contributed by atoms with Gasteiger partial charge in [-0.1, -0.05) is 29.4 Å². The highest BCUT2D eigenvalue weighted by Crippen LogP contribution is 2.22. The van der Waals surface area contributed by atoms with Crippen LogP contribution in [-0.4, -0.2) is 15.5 Å². The Balaban J connectivity index is 2.26. The molecule has 1 aromatic heterocycles. The minimum atomic E-state index is -0.317. The molecule has 7 heteroatoms. The Hall–Kier alpha value is -1.97. The lowest BCUT2D eigenvalue weighted by Gasteiger charge is -2.06. The zero-order valence-corrected chi connectivity index (χ0v) is 12.3. The zero-order valence-electron chi connectivity index (χ0n) is 10.7. The SMILES string of the molecule is CCCc1nnsc1C(=O)Nc1cc(Cl)ccc1C#N. The van der Waals surface area contributed by atoms with E-state index in [0.717, 1.165) is 18.0 Å². The Morgan fingerprint density at radius 3 is 3.05 bits per heavy atom. The summed E-state index contributed by atoms with van der Waals surface area (Å²) in [6.45, 7) is 2.01. The van der Waals surface area contributed by atoms with Crippen molar-refractivity contribution < 1.29 is 4.79 Å². The van der Waals surface area contributed by atoms with Crippen molar-refractivity contribution in [1.29, 1.82) is 5.26 Å². The topological polar surface area (TPSA) is 78.7 Å². The summed E-state index contributed by atoms with van der Waals surface area (Å²) in [6, 6.07) is 6.73. The second kappa shape index (κ2) is 6.46. The van der Waals surface area contributed by atoms with E-state index in [1.54, 1.807) is 18.2 Å². The summed E-state index contributed by atoms with van der Waals surface area (Å²) >= 11 is 6.93. The van der Waals surface area contributed by atoms with Crippen molar-refractivity contribution in [3.63, 3.8) is 0 Å². The van der Waals surface area contributed by atoms with E-state index >= 15 is 0 Å². The molecular formula is C13H11ClN4OS. The number of benzene rings is 1. The molecule has 0 saturated heterocycles. The average molecular weight is 307 g/mol. The summed E-state index contributed by atoms with van der Waals surface area (Å²) < 4.78 is 3.80. The first kappa shape index (κ1) is 14.4. The number of rotatable bonds is 4. The fourth-order valence-corrected chi connectivity index (χ4v) is 2.45. The van der Waals surface area contributed by atoms with Crippen LogP contribution in [-0.2, 0) is 6.42 Å². The minimum Gasteiger partial charge on any atom is -0.320 e. The summed E-state index contributed by atoms with van der Waals surface area (Å²) in [5.74, 6) is -0.317. The van der Waals surface area contributed by atoms with Crippen LogP contribution < -0.4 is 5.32 Å². The van der Waals surface area contributed by atoms with E-state index in [4.69, 9.17) is 16.9 Å².